The molecule has 3 heterocycles. The quantitative estimate of drug-likeness (QED) is 0.103. The molecule has 0 aliphatic heterocycles. The molecule has 0 amide bonds. The Hall–Kier alpha value is -5.39. The molecule has 1 atom stereocenters. The average molecular weight is 757 g/mol. The normalized spacial score (nSPS) is 11.8. The molecule has 3 aromatic heterocycles. The summed E-state index contributed by atoms with van der Waals surface area (Å²) >= 11 is -2.08. The molecule has 1 unspecified atom stereocenters. The third-order valence-corrected chi connectivity index (χ3v) is 9.23. The van der Waals surface area contributed by atoms with Crippen LogP contribution in [0.1, 0.15) is 5.56 Å². The van der Waals surface area contributed by atoms with E-state index in [4.69, 9.17) is 15.0 Å². The molecule has 0 bridgehead atoms. The predicted octanol–water partition coefficient (Wildman–Crippen LogP) is 6.91. The molecule has 0 saturated carbocycles. The van der Waals surface area contributed by atoms with E-state index in [-0.39, 0.29) is 44.0 Å². The summed E-state index contributed by atoms with van der Waals surface area (Å²) in [5.74, 6) is -2.79. The van der Waals surface area contributed by atoms with Gasteiger partial charge in [-0.25, -0.2) is 25.8 Å². The van der Waals surface area contributed by atoms with Crippen LogP contribution in [0.2, 0.25) is 0 Å². The van der Waals surface area contributed by atoms with E-state index in [9.17, 15) is 41.1 Å². The molecule has 0 radical (unpaired) electrons. The minimum atomic E-state index is -4.21. The third kappa shape index (κ3) is 8.68. The van der Waals surface area contributed by atoms with Crippen molar-refractivity contribution in [2.75, 3.05) is 0 Å². The number of hydroxylamine groups is 1. The van der Waals surface area contributed by atoms with Crippen molar-refractivity contribution < 1.29 is 45.4 Å². The summed E-state index contributed by atoms with van der Waals surface area (Å²) in [6, 6.07) is 22.6. The summed E-state index contributed by atoms with van der Waals surface area (Å²) in [7, 11) is 0.849. The number of nitrogens with one attached hydrogen (secondary N) is 1. The van der Waals surface area contributed by atoms with Gasteiger partial charge in [0.2, 0.25) is 11.1 Å². The van der Waals surface area contributed by atoms with Crippen LogP contribution in [0, 0.1) is 17.5 Å². The summed E-state index contributed by atoms with van der Waals surface area (Å²) in [5, 5.41) is 29.5. The van der Waals surface area contributed by atoms with Crippen molar-refractivity contribution in [1.29, 1.82) is 0 Å². The highest BCUT2D eigenvalue weighted by Gasteiger charge is 2.21. The molecular formula is C34H24ClF3N4O7S2. The van der Waals surface area contributed by atoms with Gasteiger partial charge in [0.25, 0.3) is 9.05 Å². The second kappa shape index (κ2) is 16.1. The monoisotopic (exact) mass is 756 g/mol. The highest BCUT2D eigenvalue weighted by molar-refractivity contribution is 8.13. The maximum absolute atomic E-state index is 14.0. The molecule has 0 spiro atoms. The third-order valence-electron chi connectivity index (χ3n) is 6.95. The van der Waals surface area contributed by atoms with Gasteiger partial charge in [-0.2, -0.15) is 9.76 Å². The zero-order chi connectivity index (χ0) is 36.7. The van der Waals surface area contributed by atoms with E-state index in [1.807, 2.05) is 30.3 Å². The van der Waals surface area contributed by atoms with Crippen LogP contribution >= 0.6 is 10.7 Å². The van der Waals surface area contributed by atoms with E-state index >= 15 is 0 Å². The highest BCUT2D eigenvalue weighted by Crippen LogP contribution is 2.34. The first-order chi connectivity index (χ1) is 24.4. The first-order valence-corrected chi connectivity index (χ1v) is 17.8. The van der Waals surface area contributed by atoms with Gasteiger partial charge in [-0.15, -0.1) is 0 Å². The summed E-state index contributed by atoms with van der Waals surface area (Å²) in [6.07, 6.45) is 4.25. The summed E-state index contributed by atoms with van der Waals surface area (Å²) in [4.78, 5) is 10.6. The molecule has 4 N–H and O–H groups in total. The van der Waals surface area contributed by atoms with Gasteiger partial charge >= 0.3 is 0 Å². The van der Waals surface area contributed by atoms with Crippen molar-refractivity contribution in [3.05, 3.63) is 133 Å². The van der Waals surface area contributed by atoms with Crippen molar-refractivity contribution in [2.45, 2.75) is 16.3 Å². The van der Waals surface area contributed by atoms with Crippen LogP contribution < -0.4 is 5.48 Å². The van der Waals surface area contributed by atoms with Crippen LogP contribution in [0.5, 0.6) is 17.2 Å². The van der Waals surface area contributed by atoms with Gasteiger partial charge in [-0.05, 0) is 66.2 Å². The topological polar surface area (TPSA) is 172 Å². The molecule has 0 fully saturated rings. The number of fused-ring (bicyclic) bond motifs is 3. The molecular weight excluding hydrogens is 733 g/mol. The van der Waals surface area contributed by atoms with E-state index < -0.39 is 42.4 Å². The predicted molar refractivity (Wildman–Crippen MR) is 184 cm³/mol. The van der Waals surface area contributed by atoms with Crippen LogP contribution in [0.25, 0.3) is 32.7 Å². The zero-order valence-corrected chi connectivity index (χ0v) is 28.1. The smallest absolute Gasteiger partial charge is 0.265 e. The number of hydrogen-bond donors (Lipinski definition) is 4. The Morgan fingerprint density at radius 2 is 1.22 bits per heavy atom. The summed E-state index contributed by atoms with van der Waals surface area (Å²) in [5.41, 5.74) is 3.68. The number of rotatable bonds is 6. The largest absolute Gasteiger partial charge is 0.506 e. The Kier molecular flexibility index (Phi) is 11.6. The van der Waals surface area contributed by atoms with Crippen LogP contribution in [-0.2, 0) is 31.0 Å². The van der Waals surface area contributed by atoms with Crippen LogP contribution in [0.15, 0.2) is 119 Å². The molecule has 11 nitrogen and oxygen atoms in total. The van der Waals surface area contributed by atoms with Crippen LogP contribution in [-0.4, -0.2) is 42.9 Å². The Morgan fingerprint density at radius 1 is 0.686 bits per heavy atom. The lowest BCUT2D eigenvalue weighted by Crippen LogP contribution is -2.16. The Labute approximate surface area is 294 Å². The number of aromatic hydroxyl groups is 3. The van der Waals surface area contributed by atoms with E-state index in [2.05, 4.69) is 20.4 Å². The molecule has 51 heavy (non-hydrogen) atoms. The number of aromatic nitrogens is 3. The number of hydrogen-bond acceptors (Lipinski definition) is 11. The number of nitrogens with zero attached hydrogens (tertiary/aromatic N) is 3. The molecule has 0 saturated heterocycles. The maximum Gasteiger partial charge on any atom is 0.265 e. The second-order valence-corrected chi connectivity index (χ2v) is 13.8. The lowest BCUT2D eigenvalue weighted by atomic mass is 10.2. The fourth-order valence-corrected chi connectivity index (χ4v) is 6.21. The van der Waals surface area contributed by atoms with Gasteiger partial charge in [-0.1, -0.05) is 30.3 Å². The fourth-order valence-electron chi connectivity index (χ4n) is 4.57. The molecule has 7 aromatic rings. The minimum Gasteiger partial charge on any atom is -0.506 e. The van der Waals surface area contributed by atoms with Gasteiger partial charge in [0.1, 0.15) is 49.5 Å². The first kappa shape index (κ1) is 36.9. The summed E-state index contributed by atoms with van der Waals surface area (Å²) in [6.45, 7) is 0.321. The minimum absolute atomic E-state index is 0.00648. The lowest BCUT2D eigenvalue weighted by Gasteiger charge is -2.09. The Bertz CT molecular complexity index is 2460. The summed E-state index contributed by atoms with van der Waals surface area (Å²) < 4.78 is 79.7. The highest BCUT2D eigenvalue weighted by atomic mass is 35.7. The fraction of sp³-hybridized carbons (Fsp3) is 0.0294. The van der Waals surface area contributed by atoms with Crippen molar-refractivity contribution in [3.63, 3.8) is 0 Å². The SMILES string of the molecule is O=S(=O)(Cl)c1cc(F)c2cccnc2c1O.O=S(ONCc1ccccc1)c1cc(F)c2cccnc2c1O.Oc1ccc(F)c2cccnc12. The van der Waals surface area contributed by atoms with E-state index in [0.717, 1.165) is 11.6 Å². The zero-order valence-electron chi connectivity index (χ0n) is 25.7. The van der Waals surface area contributed by atoms with E-state index in [0.29, 0.717) is 23.5 Å². The molecule has 7 rings (SSSR count). The second-order valence-electron chi connectivity index (χ2n) is 10.2. The van der Waals surface area contributed by atoms with Gasteiger partial charge in [0.05, 0.1) is 0 Å². The molecule has 0 aliphatic rings. The number of benzene rings is 4. The van der Waals surface area contributed by atoms with E-state index in [1.165, 1.54) is 48.9 Å². The Morgan fingerprint density at radius 3 is 1.78 bits per heavy atom. The van der Waals surface area contributed by atoms with Gasteiger partial charge < -0.3 is 15.3 Å². The van der Waals surface area contributed by atoms with Crippen molar-refractivity contribution in [2.24, 2.45) is 0 Å². The molecule has 0 aliphatic carbocycles. The number of pyridine rings is 3. The molecule has 4 aromatic carbocycles. The van der Waals surface area contributed by atoms with Crippen molar-refractivity contribution in [1.82, 2.24) is 20.4 Å². The maximum atomic E-state index is 14.0. The number of phenolic OH excluding ortho intramolecular Hbond substituents is 3. The lowest BCUT2D eigenvalue weighted by molar-refractivity contribution is 0.215. The van der Waals surface area contributed by atoms with E-state index in [1.54, 1.807) is 18.2 Å². The van der Waals surface area contributed by atoms with Crippen molar-refractivity contribution in [3.8, 4) is 17.2 Å². The Balaban J connectivity index is 0.000000157. The van der Waals surface area contributed by atoms with Gasteiger partial charge in [0.15, 0.2) is 11.5 Å². The molecule has 262 valence electrons. The van der Waals surface area contributed by atoms with Gasteiger partial charge in [0, 0.05) is 52.0 Å². The van der Waals surface area contributed by atoms with Gasteiger partial charge in [-0.3, -0.25) is 15.0 Å². The first-order valence-electron chi connectivity index (χ1n) is 14.4. The average Bonchev–Trinajstić information content (AvgIpc) is 3.13. The molecule has 17 heteroatoms. The number of halogens is 4. The van der Waals surface area contributed by atoms with Crippen LogP contribution in [0.4, 0.5) is 13.2 Å². The van der Waals surface area contributed by atoms with Crippen molar-refractivity contribution >= 4 is 63.5 Å². The standard InChI is InChI=1S/C16H13FN2O3S.C9H5ClFNO3S.C9H6FNO/c17-13-9-14(16(20)15-12(13)7-4-8-18-15)23(21)22-19-10-11-5-2-1-3-6-11;10-16(14,15)7-4-6(11)5-2-1-3-12-8(5)9(7)13;10-7-3-4-8(12)9-6(7)2-1-5-11-9/h1-9,19-20H,10H2;1-4,13H;1-5,12H. The number of phenols is 3. The van der Waals surface area contributed by atoms with Crippen LogP contribution in [0.3, 0.4) is 0 Å².